The summed E-state index contributed by atoms with van der Waals surface area (Å²) >= 11 is 0. The van der Waals surface area contributed by atoms with Gasteiger partial charge < -0.3 is 15.5 Å². The van der Waals surface area contributed by atoms with Gasteiger partial charge in [0, 0.05) is 6.04 Å². The van der Waals surface area contributed by atoms with Gasteiger partial charge in [-0.2, -0.15) is 0 Å². The molecule has 3 N–H and O–H groups in total. The molecule has 1 aliphatic carbocycles. The molecule has 0 radical (unpaired) electrons. The van der Waals surface area contributed by atoms with Crippen LogP contribution in [-0.4, -0.2) is 34.7 Å². The number of carboxylic acids is 2. The Morgan fingerprint density at radius 2 is 1.53 bits per heavy atom. The van der Waals surface area contributed by atoms with E-state index >= 15 is 0 Å². The van der Waals surface area contributed by atoms with Gasteiger partial charge in [-0.15, -0.1) is 0 Å². The van der Waals surface area contributed by atoms with Crippen molar-refractivity contribution in [2.24, 2.45) is 5.92 Å². The number of hydrogen-bond donors (Lipinski definition) is 3. The molecule has 0 amide bonds. The van der Waals surface area contributed by atoms with E-state index in [0.29, 0.717) is 0 Å². The molecule has 0 bridgehead atoms. The quantitative estimate of drug-likeness (QED) is 0.607. The van der Waals surface area contributed by atoms with Crippen LogP contribution < -0.4 is 5.32 Å². The molecule has 17 heavy (non-hydrogen) atoms. The van der Waals surface area contributed by atoms with Crippen molar-refractivity contribution in [3.63, 3.8) is 0 Å². The Balaban J connectivity index is 0.000000209. The SMILES string of the molecule is C1CCNC(C2CCC2)CC1.O=C(O)C(=O)O. The van der Waals surface area contributed by atoms with Crippen LogP contribution in [0.15, 0.2) is 0 Å². The van der Waals surface area contributed by atoms with Crippen LogP contribution in [0.3, 0.4) is 0 Å². The van der Waals surface area contributed by atoms with Gasteiger partial charge in [0.05, 0.1) is 0 Å². The summed E-state index contributed by atoms with van der Waals surface area (Å²) in [7, 11) is 0. The molecule has 0 spiro atoms. The molecule has 2 fully saturated rings. The topological polar surface area (TPSA) is 86.6 Å². The van der Waals surface area contributed by atoms with Crippen molar-refractivity contribution in [2.45, 2.75) is 51.0 Å². The van der Waals surface area contributed by atoms with Crippen LogP contribution in [0.1, 0.15) is 44.9 Å². The van der Waals surface area contributed by atoms with Crippen LogP contribution in [0, 0.1) is 5.92 Å². The van der Waals surface area contributed by atoms with Crippen LogP contribution >= 0.6 is 0 Å². The lowest BCUT2D eigenvalue weighted by atomic mass is 9.78. The van der Waals surface area contributed by atoms with Crippen molar-refractivity contribution in [3.8, 4) is 0 Å². The van der Waals surface area contributed by atoms with Crippen molar-refractivity contribution < 1.29 is 19.8 Å². The first-order chi connectivity index (χ1) is 8.11. The minimum atomic E-state index is -1.82. The van der Waals surface area contributed by atoms with Crippen LogP contribution in [0.4, 0.5) is 0 Å². The predicted molar refractivity (Wildman–Crippen MR) is 62.9 cm³/mol. The minimum Gasteiger partial charge on any atom is -0.473 e. The van der Waals surface area contributed by atoms with Crippen molar-refractivity contribution >= 4 is 11.9 Å². The summed E-state index contributed by atoms with van der Waals surface area (Å²) in [6, 6.07) is 0.895. The molecule has 1 heterocycles. The maximum absolute atomic E-state index is 9.10. The van der Waals surface area contributed by atoms with Gasteiger partial charge in [-0.3, -0.25) is 0 Å². The van der Waals surface area contributed by atoms with Crippen molar-refractivity contribution in [1.29, 1.82) is 0 Å². The Morgan fingerprint density at radius 1 is 0.882 bits per heavy atom. The van der Waals surface area contributed by atoms with Gasteiger partial charge in [-0.25, -0.2) is 9.59 Å². The molecule has 0 aromatic heterocycles. The second-order valence-corrected chi connectivity index (χ2v) is 4.71. The summed E-state index contributed by atoms with van der Waals surface area (Å²) in [6.07, 6.45) is 10.3. The lowest BCUT2D eigenvalue weighted by molar-refractivity contribution is -0.159. The summed E-state index contributed by atoms with van der Waals surface area (Å²) in [5.41, 5.74) is 0. The summed E-state index contributed by atoms with van der Waals surface area (Å²) in [5, 5.41) is 18.5. The van der Waals surface area contributed by atoms with Gasteiger partial charge >= 0.3 is 11.9 Å². The molecule has 5 nitrogen and oxygen atoms in total. The van der Waals surface area contributed by atoms with E-state index in [0.717, 1.165) is 12.0 Å². The van der Waals surface area contributed by atoms with Gasteiger partial charge in [0.1, 0.15) is 0 Å². The third-order valence-corrected chi connectivity index (χ3v) is 3.50. The summed E-state index contributed by atoms with van der Waals surface area (Å²) in [5.74, 6) is -2.60. The molecule has 2 aliphatic rings. The Labute approximate surface area is 101 Å². The maximum atomic E-state index is 9.10. The molecule has 1 atom stereocenters. The Hall–Kier alpha value is -1.10. The van der Waals surface area contributed by atoms with Gasteiger partial charge in [0.25, 0.3) is 0 Å². The first kappa shape index (κ1) is 14.0. The van der Waals surface area contributed by atoms with Crippen molar-refractivity contribution in [1.82, 2.24) is 5.32 Å². The van der Waals surface area contributed by atoms with Gasteiger partial charge in [-0.1, -0.05) is 19.3 Å². The molecule has 1 saturated heterocycles. The van der Waals surface area contributed by atoms with E-state index in [9.17, 15) is 0 Å². The fourth-order valence-corrected chi connectivity index (χ4v) is 2.30. The van der Waals surface area contributed by atoms with E-state index in [-0.39, 0.29) is 0 Å². The molecular formula is C12H21NO4. The van der Waals surface area contributed by atoms with Crippen LogP contribution in [0.5, 0.6) is 0 Å². The number of carboxylic acid groups (broad SMARTS) is 2. The fraction of sp³-hybridized carbons (Fsp3) is 0.833. The number of rotatable bonds is 1. The second kappa shape index (κ2) is 7.27. The van der Waals surface area contributed by atoms with Crippen molar-refractivity contribution in [3.05, 3.63) is 0 Å². The monoisotopic (exact) mass is 243 g/mol. The summed E-state index contributed by atoms with van der Waals surface area (Å²) in [6.45, 7) is 1.28. The molecule has 1 saturated carbocycles. The van der Waals surface area contributed by atoms with E-state index < -0.39 is 11.9 Å². The molecule has 0 aromatic carbocycles. The lowest BCUT2D eigenvalue weighted by Gasteiger charge is -2.33. The smallest absolute Gasteiger partial charge is 0.414 e. The third kappa shape index (κ3) is 5.17. The van der Waals surface area contributed by atoms with E-state index in [1.54, 1.807) is 0 Å². The normalized spacial score (nSPS) is 24.8. The Bertz CT molecular complexity index is 243. The first-order valence-electron chi connectivity index (χ1n) is 6.31. The van der Waals surface area contributed by atoms with Crippen LogP contribution in [0.2, 0.25) is 0 Å². The maximum Gasteiger partial charge on any atom is 0.414 e. The molecule has 1 aliphatic heterocycles. The van der Waals surface area contributed by atoms with E-state index in [1.165, 1.54) is 51.5 Å². The highest BCUT2D eigenvalue weighted by Crippen LogP contribution is 2.32. The highest BCUT2D eigenvalue weighted by Gasteiger charge is 2.26. The fourth-order valence-electron chi connectivity index (χ4n) is 2.30. The van der Waals surface area contributed by atoms with Gasteiger partial charge in [0.2, 0.25) is 0 Å². The highest BCUT2D eigenvalue weighted by molar-refractivity contribution is 6.27. The average molecular weight is 243 g/mol. The number of hydrogen-bond acceptors (Lipinski definition) is 3. The zero-order valence-electron chi connectivity index (χ0n) is 10.0. The molecule has 0 aromatic rings. The van der Waals surface area contributed by atoms with Crippen LogP contribution in [-0.2, 0) is 9.59 Å². The molecule has 2 rings (SSSR count). The number of carbonyl (C=O) groups is 2. The molecule has 1 unspecified atom stereocenters. The van der Waals surface area contributed by atoms with E-state index in [4.69, 9.17) is 19.8 Å². The standard InChI is InChI=1S/C10H19N.C2H2O4/c1-2-7-10(11-8-3-1)9-5-4-6-9;3-1(4)2(5)6/h9-11H,1-8H2;(H,3,4)(H,5,6). The van der Waals surface area contributed by atoms with Gasteiger partial charge in [-0.05, 0) is 38.1 Å². The number of aliphatic carboxylic acids is 2. The predicted octanol–water partition coefficient (Wildman–Crippen LogP) is 1.47. The van der Waals surface area contributed by atoms with Crippen LogP contribution in [0.25, 0.3) is 0 Å². The zero-order valence-corrected chi connectivity index (χ0v) is 10.0. The molecule has 98 valence electrons. The third-order valence-electron chi connectivity index (χ3n) is 3.50. The van der Waals surface area contributed by atoms with Crippen molar-refractivity contribution in [2.75, 3.05) is 6.54 Å². The zero-order chi connectivity index (χ0) is 12.7. The second-order valence-electron chi connectivity index (χ2n) is 4.71. The Kier molecular flexibility index (Phi) is 5.97. The molecule has 5 heteroatoms. The Morgan fingerprint density at radius 3 is 2.00 bits per heavy atom. The summed E-state index contributed by atoms with van der Waals surface area (Å²) < 4.78 is 0. The molecular weight excluding hydrogens is 222 g/mol. The van der Waals surface area contributed by atoms with E-state index in [2.05, 4.69) is 5.32 Å². The lowest BCUT2D eigenvalue weighted by Crippen LogP contribution is -2.38. The highest BCUT2D eigenvalue weighted by atomic mass is 16.4. The first-order valence-corrected chi connectivity index (χ1v) is 6.31. The minimum absolute atomic E-state index is 0.895. The number of nitrogens with one attached hydrogen (secondary N) is 1. The van der Waals surface area contributed by atoms with E-state index in [1.807, 2.05) is 0 Å². The van der Waals surface area contributed by atoms with Gasteiger partial charge in [0.15, 0.2) is 0 Å². The summed E-state index contributed by atoms with van der Waals surface area (Å²) in [4.78, 5) is 18.2. The average Bonchev–Trinajstić information content (AvgIpc) is 2.45. The largest absolute Gasteiger partial charge is 0.473 e.